The highest BCUT2D eigenvalue weighted by Crippen LogP contribution is 2.34. The summed E-state index contributed by atoms with van der Waals surface area (Å²) in [6.45, 7) is 3.51. The Labute approximate surface area is 186 Å². The van der Waals surface area contributed by atoms with Crippen LogP contribution >= 0.6 is 0 Å². The van der Waals surface area contributed by atoms with Gasteiger partial charge in [-0.05, 0) is 43.5 Å². The lowest BCUT2D eigenvalue weighted by Crippen LogP contribution is -2.31. The predicted octanol–water partition coefficient (Wildman–Crippen LogP) is 2.06. The summed E-state index contributed by atoms with van der Waals surface area (Å²) in [5.41, 5.74) is 1.84. The first-order chi connectivity index (χ1) is 15.9. The minimum Gasteiger partial charge on any atom is -0.493 e. The number of imidazole rings is 1. The average molecular weight is 446 g/mol. The highest BCUT2D eigenvalue weighted by Gasteiger charge is 2.19. The van der Waals surface area contributed by atoms with E-state index < -0.39 is 17.1 Å². The van der Waals surface area contributed by atoms with Gasteiger partial charge >= 0.3 is 11.4 Å². The van der Waals surface area contributed by atoms with Crippen molar-refractivity contribution in [2.45, 2.75) is 19.8 Å². The number of fused-ring (bicyclic) bond motifs is 1. The molecule has 1 fully saturated rings. The van der Waals surface area contributed by atoms with Crippen molar-refractivity contribution in [1.29, 1.82) is 0 Å². The third-order valence-corrected chi connectivity index (χ3v) is 5.87. The first-order valence-electron chi connectivity index (χ1n) is 10.6. The molecular weight excluding hydrogens is 424 g/mol. The Balaban J connectivity index is 1.65. The first-order valence-corrected chi connectivity index (χ1v) is 10.6. The number of rotatable bonds is 4. The molecule has 4 N–H and O–H groups in total. The molecule has 10 nitrogen and oxygen atoms in total. The number of nitrogens with zero attached hydrogens (tertiary/aromatic N) is 3. The molecular formula is C23H22N6O4. The highest BCUT2D eigenvalue weighted by molar-refractivity contribution is 5.91. The minimum absolute atomic E-state index is 0.145. The van der Waals surface area contributed by atoms with Gasteiger partial charge in [-0.1, -0.05) is 18.2 Å². The fraction of sp³-hybridized carbons (Fsp3) is 0.217. The molecule has 0 saturated carbocycles. The van der Waals surface area contributed by atoms with Crippen LogP contribution in [0.2, 0.25) is 0 Å². The molecule has 0 atom stereocenters. The normalized spacial score (nSPS) is 14.0. The van der Waals surface area contributed by atoms with Crippen molar-refractivity contribution in [3.8, 4) is 11.6 Å². The zero-order valence-corrected chi connectivity index (χ0v) is 17.9. The van der Waals surface area contributed by atoms with Crippen molar-refractivity contribution < 1.29 is 5.11 Å². The molecule has 10 heteroatoms. The third kappa shape index (κ3) is 3.65. The zero-order chi connectivity index (χ0) is 23.1. The standard InChI is InChI=1S/C23H22N6O4/c1-13-6-2-3-7-18(13)29-21(31)14(20(30)27-23(29)33)12-24-17-10-15-16(26-22(32)25-15)11-19(17)28-8-4-5-9-28/h2-3,6-7,10-12,31H,4-5,8-9H2,1H3,(H2,25,26,32)(H,27,30,33). The molecule has 4 aromatic rings. The number of anilines is 1. The summed E-state index contributed by atoms with van der Waals surface area (Å²) >= 11 is 0. The summed E-state index contributed by atoms with van der Waals surface area (Å²) < 4.78 is 1.05. The molecule has 2 aromatic heterocycles. The highest BCUT2D eigenvalue weighted by atomic mass is 16.3. The van der Waals surface area contributed by atoms with E-state index in [1.807, 2.05) is 12.1 Å². The summed E-state index contributed by atoms with van der Waals surface area (Å²) in [5.74, 6) is -0.499. The van der Waals surface area contributed by atoms with E-state index in [1.54, 1.807) is 31.2 Å². The fourth-order valence-corrected chi connectivity index (χ4v) is 4.20. The number of hydrogen-bond acceptors (Lipinski definition) is 6. The molecule has 1 aliphatic heterocycles. The molecule has 0 bridgehead atoms. The summed E-state index contributed by atoms with van der Waals surface area (Å²) in [7, 11) is 0. The van der Waals surface area contributed by atoms with Gasteiger partial charge in [-0.15, -0.1) is 0 Å². The molecule has 33 heavy (non-hydrogen) atoms. The van der Waals surface area contributed by atoms with E-state index in [-0.39, 0.29) is 11.3 Å². The smallest absolute Gasteiger partial charge is 0.335 e. The van der Waals surface area contributed by atoms with Crippen LogP contribution < -0.4 is 21.8 Å². The van der Waals surface area contributed by atoms with Crippen LogP contribution in [-0.2, 0) is 0 Å². The van der Waals surface area contributed by atoms with Crippen LogP contribution in [0.3, 0.4) is 0 Å². The van der Waals surface area contributed by atoms with Gasteiger partial charge in [-0.3, -0.25) is 14.8 Å². The number of para-hydroxylation sites is 1. The number of aromatic hydroxyl groups is 1. The molecule has 0 amide bonds. The van der Waals surface area contributed by atoms with Crippen LogP contribution in [0.25, 0.3) is 16.7 Å². The molecule has 2 aromatic carbocycles. The lowest BCUT2D eigenvalue weighted by molar-refractivity contribution is 0.430. The second kappa shape index (κ2) is 7.97. The number of H-pyrrole nitrogens is 3. The lowest BCUT2D eigenvalue weighted by Gasteiger charge is -2.19. The van der Waals surface area contributed by atoms with E-state index >= 15 is 0 Å². The van der Waals surface area contributed by atoms with Gasteiger partial charge in [-0.25, -0.2) is 14.2 Å². The van der Waals surface area contributed by atoms with Crippen molar-refractivity contribution in [3.63, 3.8) is 0 Å². The Morgan fingerprint density at radius 3 is 2.39 bits per heavy atom. The Morgan fingerprint density at radius 1 is 0.970 bits per heavy atom. The van der Waals surface area contributed by atoms with Gasteiger partial charge in [0.1, 0.15) is 5.56 Å². The van der Waals surface area contributed by atoms with Crippen LogP contribution in [0.5, 0.6) is 5.88 Å². The van der Waals surface area contributed by atoms with Gasteiger partial charge in [0.05, 0.1) is 28.1 Å². The van der Waals surface area contributed by atoms with Crippen LogP contribution in [0.1, 0.15) is 24.0 Å². The lowest BCUT2D eigenvalue weighted by atomic mass is 10.2. The zero-order valence-electron chi connectivity index (χ0n) is 17.9. The number of aliphatic imine (C=N–C) groups is 1. The molecule has 0 aliphatic carbocycles. The average Bonchev–Trinajstić information content (AvgIpc) is 3.42. The summed E-state index contributed by atoms with van der Waals surface area (Å²) in [5, 5.41) is 10.9. The molecule has 5 rings (SSSR count). The molecule has 0 spiro atoms. The van der Waals surface area contributed by atoms with E-state index in [2.05, 4.69) is 24.8 Å². The maximum Gasteiger partial charge on any atom is 0.335 e. The maximum atomic E-state index is 12.5. The van der Waals surface area contributed by atoms with Gasteiger partial charge < -0.3 is 20.0 Å². The first kappa shape index (κ1) is 20.6. The monoisotopic (exact) mass is 446 g/mol. The molecule has 1 saturated heterocycles. The van der Waals surface area contributed by atoms with E-state index in [0.29, 0.717) is 22.4 Å². The van der Waals surface area contributed by atoms with Gasteiger partial charge in [0.25, 0.3) is 5.56 Å². The molecule has 3 heterocycles. The topological polar surface area (TPSA) is 139 Å². The number of benzene rings is 2. The van der Waals surface area contributed by atoms with Gasteiger partial charge in [-0.2, -0.15) is 0 Å². The van der Waals surface area contributed by atoms with E-state index in [9.17, 15) is 19.5 Å². The van der Waals surface area contributed by atoms with Gasteiger partial charge in [0.2, 0.25) is 5.88 Å². The van der Waals surface area contributed by atoms with Crippen LogP contribution in [0, 0.1) is 6.92 Å². The molecule has 168 valence electrons. The van der Waals surface area contributed by atoms with Crippen LogP contribution in [0.15, 0.2) is 55.8 Å². The van der Waals surface area contributed by atoms with Crippen molar-refractivity contribution in [2.75, 3.05) is 18.0 Å². The van der Waals surface area contributed by atoms with E-state index in [4.69, 9.17) is 0 Å². The third-order valence-electron chi connectivity index (χ3n) is 5.87. The Bertz CT molecular complexity index is 1570. The van der Waals surface area contributed by atoms with Crippen molar-refractivity contribution >= 4 is 28.6 Å². The quantitative estimate of drug-likeness (QED) is 0.355. The summed E-state index contributed by atoms with van der Waals surface area (Å²) in [4.78, 5) is 51.1. The van der Waals surface area contributed by atoms with Gasteiger partial charge in [0, 0.05) is 19.3 Å². The van der Waals surface area contributed by atoms with Crippen LogP contribution in [0.4, 0.5) is 11.4 Å². The second-order valence-electron chi connectivity index (χ2n) is 8.04. The molecule has 0 unspecified atom stereocenters. The molecule has 0 radical (unpaired) electrons. The van der Waals surface area contributed by atoms with Crippen molar-refractivity contribution in [2.24, 2.45) is 4.99 Å². The Kier molecular flexibility index (Phi) is 4.97. The summed E-state index contributed by atoms with van der Waals surface area (Å²) in [6.07, 6.45) is 3.34. The fourth-order valence-electron chi connectivity index (χ4n) is 4.20. The maximum absolute atomic E-state index is 12.5. The SMILES string of the molecule is Cc1ccccc1-n1c(O)c(C=Nc2cc3[nH]c(=O)[nH]c3cc2N2CCCC2)c(=O)[nH]c1=O. The van der Waals surface area contributed by atoms with Crippen LogP contribution in [-0.4, -0.2) is 43.9 Å². The van der Waals surface area contributed by atoms with Gasteiger partial charge in [0.15, 0.2) is 0 Å². The number of aromatic nitrogens is 4. The van der Waals surface area contributed by atoms with Crippen molar-refractivity contribution in [3.05, 3.63) is 78.8 Å². The van der Waals surface area contributed by atoms with E-state index in [1.165, 1.54) is 6.21 Å². The Morgan fingerprint density at radius 2 is 1.67 bits per heavy atom. The Hall–Kier alpha value is -4.34. The summed E-state index contributed by atoms with van der Waals surface area (Å²) in [6, 6.07) is 10.6. The number of hydrogen-bond donors (Lipinski definition) is 4. The number of aryl methyl sites for hydroxylation is 1. The number of aromatic amines is 3. The van der Waals surface area contributed by atoms with E-state index in [0.717, 1.165) is 41.7 Å². The molecule has 1 aliphatic rings. The van der Waals surface area contributed by atoms with Crippen molar-refractivity contribution in [1.82, 2.24) is 19.5 Å². The largest absolute Gasteiger partial charge is 0.493 e. The number of nitrogens with one attached hydrogen (secondary N) is 3. The minimum atomic E-state index is -0.745. The second-order valence-corrected chi connectivity index (χ2v) is 8.04. The predicted molar refractivity (Wildman–Crippen MR) is 127 cm³/mol.